The number of ether oxygens (including phenoxy) is 1. The average Bonchev–Trinajstić information content (AvgIpc) is 2.29. The highest BCUT2D eigenvalue weighted by Gasteiger charge is 2.00. The van der Waals surface area contributed by atoms with E-state index >= 15 is 0 Å². The van der Waals surface area contributed by atoms with Crippen LogP contribution in [0.2, 0.25) is 0 Å². The number of carbonyl (C=O) groups is 1. The molecule has 2 nitrogen and oxygen atoms in total. The molecule has 0 fully saturated rings. The number of halogens is 1. The molecule has 1 aromatic rings. The molecular weight excluding hydrogens is 207 g/mol. The molecule has 0 saturated heterocycles. The molecule has 1 rings (SSSR count). The maximum Gasteiger partial charge on any atom is 0.188 e. The van der Waals surface area contributed by atoms with Crippen LogP contribution < -0.4 is 0 Å². The van der Waals surface area contributed by atoms with Gasteiger partial charge in [-0.1, -0.05) is 13.3 Å². The van der Waals surface area contributed by atoms with Crippen LogP contribution in [0.5, 0.6) is 0 Å². The van der Waals surface area contributed by atoms with Gasteiger partial charge in [0.2, 0.25) is 0 Å². The number of hydrogen-bond acceptors (Lipinski definition) is 2. The minimum atomic E-state index is -0.347. The SMILES string of the molecule is CCCCO/C=C/C(=O)c1ccc(F)cc1. The minimum absolute atomic E-state index is 0.184. The van der Waals surface area contributed by atoms with Crippen molar-refractivity contribution in [2.24, 2.45) is 0 Å². The van der Waals surface area contributed by atoms with E-state index < -0.39 is 0 Å². The van der Waals surface area contributed by atoms with Crippen LogP contribution in [-0.4, -0.2) is 12.4 Å². The highest BCUT2D eigenvalue weighted by Crippen LogP contribution is 2.04. The van der Waals surface area contributed by atoms with Crippen molar-refractivity contribution in [1.82, 2.24) is 0 Å². The van der Waals surface area contributed by atoms with E-state index in [1.807, 2.05) is 0 Å². The van der Waals surface area contributed by atoms with Crippen molar-refractivity contribution in [2.75, 3.05) is 6.61 Å². The average molecular weight is 222 g/mol. The summed E-state index contributed by atoms with van der Waals surface area (Å²) in [4.78, 5) is 11.5. The maximum atomic E-state index is 12.6. The molecule has 0 N–H and O–H groups in total. The molecule has 0 aromatic heterocycles. The summed E-state index contributed by atoms with van der Waals surface area (Å²) < 4.78 is 17.7. The first-order valence-electron chi connectivity index (χ1n) is 5.32. The second-order valence-electron chi connectivity index (χ2n) is 3.40. The molecule has 0 amide bonds. The lowest BCUT2D eigenvalue weighted by Gasteiger charge is -1.98. The zero-order chi connectivity index (χ0) is 11.8. The lowest BCUT2D eigenvalue weighted by molar-refractivity contribution is 0.104. The number of unbranched alkanes of at least 4 members (excludes halogenated alkanes) is 1. The molecule has 16 heavy (non-hydrogen) atoms. The minimum Gasteiger partial charge on any atom is -0.501 e. The quantitative estimate of drug-likeness (QED) is 0.319. The number of carbonyl (C=O) groups excluding carboxylic acids is 1. The second-order valence-corrected chi connectivity index (χ2v) is 3.40. The predicted octanol–water partition coefficient (Wildman–Crippen LogP) is 3.34. The van der Waals surface area contributed by atoms with Crippen molar-refractivity contribution in [3.63, 3.8) is 0 Å². The van der Waals surface area contributed by atoms with Crippen LogP contribution in [0.3, 0.4) is 0 Å². The van der Waals surface area contributed by atoms with E-state index in [9.17, 15) is 9.18 Å². The number of allylic oxidation sites excluding steroid dienone is 1. The fourth-order valence-corrected chi connectivity index (χ4v) is 1.12. The third-order valence-electron chi connectivity index (χ3n) is 2.06. The van der Waals surface area contributed by atoms with Crippen LogP contribution in [0.15, 0.2) is 36.6 Å². The maximum absolute atomic E-state index is 12.6. The third kappa shape index (κ3) is 4.26. The molecule has 0 spiro atoms. The van der Waals surface area contributed by atoms with E-state index in [4.69, 9.17) is 4.74 Å². The summed E-state index contributed by atoms with van der Waals surface area (Å²) in [5.74, 6) is -0.531. The largest absolute Gasteiger partial charge is 0.501 e. The van der Waals surface area contributed by atoms with Crippen LogP contribution in [0.25, 0.3) is 0 Å². The van der Waals surface area contributed by atoms with E-state index in [0.29, 0.717) is 12.2 Å². The summed E-state index contributed by atoms with van der Waals surface area (Å²) in [6.45, 7) is 2.68. The number of ketones is 1. The molecule has 3 heteroatoms. The standard InChI is InChI=1S/C13H15FO2/c1-2-3-9-16-10-8-13(15)11-4-6-12(14)7-5-11/h4-8,10H,2-3,9H2,1H3/b10-8+. The number of rotatable bonds is 6. The normalized spacial score (nSPS) is 10.6. The topological polar surface area (TPSA) is 26.3 Å². The van der Waals surface area contributed by atoms with Crippen LogP contribution in [0.4, 0.5) is 4.39 Å². The van der Waals surface area contributed by atoms with Gasteiger partial charge >= 0.3 is 0 Å². The van der Waals surface area contributed by atoms with Crippen LogP contribution in [-0.2, 0) is 4.74 Å². The lowest BCUT2D eigenvalue weighted by atomic mass is 10.1. The third-order valence-corrected chi connectivity index (χ3v) is 2.06. The second kappa shape index (κ2) is 6.77. The first kappa shape index (κ1) is 12.4. The molecule has 0 unspecified atom stereocenters. The van der Waals surface area contributed by atoms with Gasteiger partial charge in [-0.15, -0.1) is 0 Å². The van der Waals surface area contributed by atoms with E-state index in [-0.39, 0.29) is 11.6 Å². The smallest absolute Gasteiger partial charge is 0.188 e. The van der Waals surface area contributed by atoms with Crippen molar-refractivity contribution < 1.29 is 13.9 Å². The molecule has 0 aliphatic carbocycles. The lowest BCUT2D eigenvalue weighted by Crippen LogP contribution is -1.95. The summed E-state index contributed by atoms with van der Waals surface area (Å²) >= 11 is 0. The Bertz CT molecular complexity index is 355. The molecule has 0 bridgehead atoms. The monoisotopic (exact) mass is 222 g/mol. The number of hydrogen-bond donors (Lipinski definition) is 0. The molecule has 0 radical (unpaired) electrons. The first-order valence-corrected chi connectivity index (χ1v) is 5.32. The Morgan fingerprint density at radius 2 is 2.06 bits per heavy atom. The van der Waals surface area contributed by atoms with Crippen LogP contribution >= 0.6 is 0 Å². The first-order chi connectivity index (χ1) is 7.74. The van der Waals surface area contributed by atoms with E-state index in [0.717, 1.165) is 12.8 Å². The van der Waals surface area contributed by atoms with Gasteiger partial charge in [-0.05, 0) is 30.7 Å². The summed E-state index contributed by atoms with van der Waals surface area (Å²) in [6.07, 6.45) is 4.76. The van der Waals surface area contributed by atoms with Gasteiger partial charge in [0.25, 0.3) is 0 Å². The van der Waals surface area contributed by atoms with Crippen LogP contribution in [0.1, 0.15) is 30.1 Å². The van der Waals surface area contributed by atoms with Gasteiger partial charge < -0.3 is 4.74 Å². The molecule has 86 valence electrons. The summed E-state index contributed by atoms with van der Waals surface area (Å²) in [5, 5.41) is 0. The van der Waals surface area contributed by atoms with Gasteiger partial charge in [-0.3, -0.25) is 4.79 Å². The highest BCUT2D eigenvalue weighted by atomic mass is 19.1. The zero-order valence-electron chi connectivity index (χ0n) is 9.28. The van der Waals surface area contributed by atoms with Crippen molar-refractivity contribution in [1.29, 1.82) is 0 Å². The Hall–Kier alpha value is -1.64. The Morgan fingerprint density at radius 3 is 2.69 bits per heavy atom. The molecule has 0 aliphatic heterocycles. The predicted molar refractivity (Wildman–Crippen MR) is 60.7 cm³/mol. The van der Waals surface area contributed by atoms with Crippen molar-refractivity contribution in [3.8, 4) is 0 Å². The fraction of sp³-hybridized carbons (Fsp3) is 0.308. The van der Waals surface area contributed by atoms with E-state index in [2.05, 4.69) is 6.92 Å². The Balaban J connectivity index is 2.43. The molecule has 0 saturated carbocycles. The van der Waals surface area contributed by atoms with Gasteiger partial charge in [0, 0.05) is 11.6 Å². The Kier molecular flexibility index (Phi) is 5.26. The van der Waals surface area contributed by atoms with Gasteiger partial charge in [0.1, 0.15) is 5.82 Å². The summed E-state index contributed by atoms with van der Waals surface area (Å²) in [6, 6.07) is 5.43. The van der Waals surface area contributed by atoms with Crippen molar-refractivity contribution in [2.45, 2.75) is 19.8 Å². The van der Waals surface area contributed by atoms with Gasteiger partial charge in [0.15, 0.2) is 5.78 Å². The van der Waals surface area contributed by atoms with Gasteiger partial charge in [-0.25, -0.2) is 4.39 Å². The van der Waals surface area contributed by atoms with Crippen LogP contribution in [0, 0.1) is 5.82 Å². The van der Waals surface area contributed by atoms with E-state index in [1.54, 1.807) is 0 Å². The van der Waals surface area contributed by atoms with Gasteiger partial charge in [0.05, 0.1) is 12.9 Å². The highest BCUT2D eigenvalue weighted by molar-refractivity contribution is 6.04. The molecule has 0 atom stereocenters. The molecule has 0 aliphatic rings. The summed E-state index contributed by atoms with van der Waals surface area (Å²) in [7, 11) is 0. The van der Waals surface area contributed by atoms with E-state index in [1.165, 1.54) is 36.6 Å². The molecule has 1 aromatic carbocycles. The Labute approximate surface area is 94.7 Å². The van der Waals surface area contributed by atoms with Gasteiger partial charge in [-0.2, -0.15) is 0 Å². The number of benzene rings is 1. The van der Waals surface area contributed by atoms with Crippen molar-refractivity contribution >= 4 is 5.78 Å². The molecule has 0 heterocycles. The Morgan fingerprint density at radius 1 is 1.38 bits per heavy atom. The summed E-state index contributed by atoms with van der Waals surface area (Å²) in [5.41, 5.74) is 0.455. The molecular formula is C13H15FO2. The van der Waals surface area contributed by atoms with Crippen molar-refractivity contribution in [3.05, 3.63) is 48.0 Å². The zero-order valence-corrected chi connectivity index (χ0v) is 9.28. The fourth-order valence-electron chi connectivity index (χ4n) is 1.12.